The number of aryl methyl sites for hydroxylation is 1. The minimum absolute atomic E-state index is 0.175. The van der Waals surface area contributed by atoms with Gasteiger partial charge in [-0.25, -0.2) is 4.79 Å². The van der Waals surface area contributed by atoms with Gasteiger partial charge in [0.25, 0.3) is 0 Å². The van der Waals surface area contributed by atoms with E-state index in [0.29, 0.717) is 12.1 Å². The van der Waals surface area contributed by atoms with Crippen LogP contribution in [-0.4, -0.2) is 19.2 Å². The maximum absolute atomic E-state index is 10.3. The third-order valence-corrected chi connectivity index (χ3v) is 1.96. The number of nitrogens with two attached hydrogens (primary N) is 1. The second kappa shape index (κ2) is 5.61. The summed E-state index contributed by atoms with van der Waals surface area (Å²) in [6, 6.07) is 7.55. The highest BCUT2D eigenvalue weighted by atomic mass is 16.5. The van der Waals surface area contributed by atoms with Crippen molar-refractivity contribution in [3.05, 3.63) is 29.3 Å². The average molecular weight is 219 g/mol. The van der Waals surface area contributed by atoms with Crippen LogP contribution < -0.4 is 11.1 Å². The number of primary amides is 1. The fraction of sp³-hybridized carbons (Fsp3) is 0.273. The van der Waals surface area contributed by atoms with Crippen LogP contribution in [0.1, 0.15) is 11.1 Å². The average Bonchev–Trinajstić information content (AvgIpc) is 2.24. The second-order valence-electron chi connectivity index (χ2n) is 3.26. The van der Waals surface area contributed by atoms with Gasteiger partial charge in [-0.05, 0) is 24.6 Å². The van der Waals surface area contributed by atoms with Crippen LogP contribution in [0.2, 0.25) is 0 Å². The number of benzene rings is 1. The topological polar surface area (TPSA) is 88.1 Å². The standard InChI is InChI=1S/C11H13N3O2/c1-8-2-3-9(7-12)10(6-8)14-4-5-16-11(13)15/h2-3,6,14H,4-5H2,1H3,(H2,13,15). The highest BCUT2D eigenvalue weighted by molar-refractivity contribution is 5.64. The molecule has 0 unspecified atom stereocenters. The van der Waals surface area contributed by atoms with Crippen LogP contribution in [0.25, 0.3) is 0 Å². The zero-order valence-electron chi connectivity index (χ0n) is 8.99. The van der Waals surface area contributed by atoms with Gasteiger partial charge in [0.2, 0.25) is 0 Å². The molecule has 0 aliphatic heterocycles. The summed E-state index contributed by atoms with van der Waals surface area (Å²) in [6.07, 6.45) is -0.799. The highest BCUT2D eigenvalue weighted by Gasteiger charge is 2.01. The fourth-order valence-corrected chi connectivity index (χ4v) is 1.24. The van der Waals surface area contributed by atoms with Gasteiger partial charge in [-0.2, -0.15) is 5.26 Å². The summed E-state index contributed by atoms with van der Waals surface area (Å²) in [4.78, 5) is 10.3. The molecule has 5 heteroatoms. The number of hydrogen-bond acceptors (Lipinski definition) is 4. The van der Waals surface area contributed by atoms with Crippen LogP contribution >= 0.6 is 0 Å². The van der Waals surface area contributed by atoms with Crippen LogP contribution in [0.3, 0.4) is 0 Å². The minimum atomic E-state index is -0.799. The van der Waals surface area contributed by atoms with E-state index in [4.69, 9.17) is 11.0 Å². The summed E-state index contributed by atoms with van der Waals surface area (Å²) in [5, 5.41) is 11.9. The molecule has 1 aromatic carbocycles. The maximum atomic E-state index is 10.3. The van der Waals surface area contributed by atoms with Crippen molar-refractivity contribution in [3.63, 3.8) is 0 Å². The number of hydrogen-bond donors (Lipinski definition) is 2. The molecule has 1 aromatic rings. The quantitative estimate of drug-likeness (QED) is 0.748. The van der Waals surface area contributed by atoms with Crippen LogP contribution in [0.4, 0.5) is 10.5 Å². The number of nitrogens with one attached hydrogen (secondary N) is 1. The molecule has 3 N–H and O–H groups in total. The van der Waals surface area contributed by atoms with Crippen LogP contribution in [0, 0.1) is 18.3 Å². The molecule has 0 fully saturated rings. The molecule has 0 spiro atoms. The predicted molar refractivity (Wildman–Crippen MR) is 59.9 cm³/mol. The molecule has 0 aliphatic carbocycles. The number of anilines is 1. The Labute approximate surface area is 93.8 Å². The number of carbonyl (C=O) groups is 1. The molecule has 16 heavy (non-hydrogen) atoms. The Bertz CT molecular complexity index is 424. The van der Waals surface area contributed by atoms with E-state index in [1.807, 2.05) is 19.1 Å². The summed E-state index contributed by atoms with van der Waals surface area (Å²) in [6.45, 7) is 2.53. The Kier molecular flexibility index (Phi) is 4.16. The Morgan fingerprint density at radius 3 is 3.00 bits per heavy atom. The van der Waals surface area contributed by atoms with E-state index in [1.165, 1.54) is 0 Å². The van der Waals surface area contributed by atoms with Gasteiger partial charge in [0, 0.05) is 6.54 Å². The lowest BCUT2D eigenvalue weighted by Gasteiger charge is -2.08. The Hall–Kier alpha value is -2.22. The first-order valence-corrected chi connectivity index (χ1v) is 4.80. The van der Waals surface area contributed by atoms with Gasteiger partial charge < -0.3 is 15.8 Å². The van der Waals surface area contributed by atoms with Gasteiger partial charge in [0.15, 0.2) is 0 Å². The normalized spacial score (nSPS) is 9.25. The van der Waals surface area contributed by atoms with Gasteiger partial charge in [-0.15, -0.1) is 0 Å². The molecule has 1 amide bonds. The molecular formula is C11H13N3O2. The molecule has 0 atom stereocenters. The lowest BCUT2D eigenvalue weighted by molar-refractivity contribution is 0.161. The maximum Gasteiger partial charge on any atom is 0.404 e. The van der Waals surface area contributed by atoms with Crippen LogP contribution in [0.15, 0.2) is 18.2 Å². The Morgan fingerprint density at radius 1 is 1.62 bits per heavy atom. The van der Waals surface area contributed by atoms with E-state index < -0.39 is 6.09 Å². The number of ether oxygens (including phenoxy) is 1. The summed E-state index contributed by atoms with van der Waals surface area (Å²) in [5.41, 5.74) is 7.16. The van der Waals surface area contributed by atoms with E-state index in [9.17, 15) is 4.79 Å². The fourth-order valence-electron chi connectivity index (χ4n) is 1.24. The smallest absolute Gasteiger partial charge is 0.404 e. The predicted octanol–water partition coefficient (Wildman–Crippen LogP) is 1.37. The molecular weight excluding hydrogens is 206 g/mol. The van der Waals surface area contributed by atoms with E-state index >= 15 is 0 Å². The van der Waals surface area contributed by atoms with Crippen molar-refractivity contribution in [1.82, 2.24) is 0 Å². The zero-order valence-corrected chi connectivity index (χ0v) is 8.99. The molecule has 0 saturated carbocycles. The molecule has 0 aromatic heterocycles. The second-order valence-corrected chi connectivity index (χ2v) is 3.26. The zero-order chi connectivity index (χ0) is 12.0. The third kappa shape index (κ3) is 3.50. The van der Waals surface area contributed by atoms with Crippen molar-refractivity contribution < 1.29 is 9.53 Å². The molecule has 0 radical (unpaired) electrons. The first kappa shape index (κ1) is 11.9. The first-order valence-electron chi connectivity index (χ1n) is 4.80. The Morgan fingerprint density at radius 2 is 2.38 bits per heavy atom. The van der Waals surface area contributed by atoms with Crippen molar-refractivity contribution >= 4 is 11.8 Å². The largest absolute Gasteiger partial charge is 0.448 e. The molecule has 84 valence electrons. The lowest BCUT2D eigenvalue weighted by Crippen LogP contribution is -2.18. The molecule has 5 nitrogen and oxygen atoms in total. The SMILES string of the molecule is Cc1ccc(C#N)c(NCCOC(N)=O)c1. The van der Waals surface area contributed by atoms with Crippen LogP contribution in [0.5, 0.6) is 0 Å². The minimum Gasteiger partial charge on any atom is -0.448 e. The van der Waals surface area contributed by atoms with Crippen LogP contribution in [-0.2, 0) is 4.74 Å². The highest BCUT2D eigenvalue weighted by Crippen LogP contribution is 2.15. The van der Waals surface area contributed by atoms with Gasteiger partial charge >= 0.3 is 6.09 Å². The van der Waals surface area contributed by atoms with Gasteiger partial charge in [-0.3, -0.25) is 0 Å². The molecule has 0 heterocycles. The van der Waals surface area contributed by atoms with Crippen molar-refractivity contribution in [1.29, 1.82) is 5.26 Å². The van der Waals surface area contributed by atoms with Crippen molar-refractivity contribution in [2.45, 2.75) is 6.92 Å². The van der Waals surface area contributed by atoms with Gasteiger partial charge in [0.05, 0.1) is 11.3 Å². The molecule has 1 rings (SSSR count). The van der Waals surface area contributed by atoms with Gasteiger partial charge in [-0.1, -0.05) is 6.07 Å². The number of carbonyl (C=O) groups excluding carboxylic acids is 1. The van der Waals surface area contributed by atoms with Crippen molar-refractivity contribution in [2.24, 2.45) is 5.73 Å². The summed E-state index contributed by atoms with van der Waals surface area (Å²) in [7, 11) is 0. The molecule has 0 aliphatic rings. The molecule has 0 saturated heterocycles. The third-order valence-electron chi connectivity index (χ3n) is 1.96. The number of rotatable bonds is 4. The first-order chi connectivity index (χ1) is 7.63. The van der Waals surface area contributed by atoms with Gasteiger partial charge in [0.1, 0.15) is 12.7 Å². The summed E-state index contributed by atoms with van der Waals surface area (Å²) in [5.74, 6) is 0. The van der Waals surface area contributed by atoms with E-state index in [-0.39, 0.29) is 6.61 Å². The number of nitrogens with zero attached hydrogens (tertiary/aromatic N) is 1. The summed E-state index contributed by atoms with van der Waals surface area (Å²) >= 11 is 0. The van der Waals surface area contributed by atoms with Crippen molar-refractivity contribution in [3.8, 4) is 6.07 Å². The Balaban J connectivity index is 2.56. The van der Waals surface area contributed by atoms with E-state index in [2.05, 4.69) is 16.1 Å². The van der Waals surface area contributed by atoms with E-state index in [0.717, 1.165) is 11.3 Å². The number of amides is 1. The number of nitriles is 1. The monoisotopic (exact) mass is 219 g/mol. The van der Waals surface area contributed by atoms with E-state index in [1.54, 1.807) is 6.07 Å². The molecule has 0 bridgehead atoms. The lowest BCUT2D eigenvalue weighted by atomic mass is 10.1. The summed E-state index contributed by atoms with van der Waals surface area (Å²) < 4.78 is 4.56. The van der Waals surface area contributed by atoms with Crippen molar-refractivity contribution in [2.75, 3.05) is 18.5 Å².